The highest BCUT2D eigenvalue weighted by Gasteiger charge is 2.27. The molecule has 1 rings (SSSR count). The summed E-state index contributed by atoms with van der Waals surface area (Å²) in [4.78, 5) is 21.8. The number of aliphatic carboxylic acids is 1. The number of hydrogen-bond acceptors (Lipinski definition) is 3. The summed E-state index contributed by atoms with van der Waals surface area (Å²) < 4.78 is 5.31. The van der Waals surface area contributed by atoms with Crippen molar-refractivity contribution in [3.8, 4) is 0 Å². The van der Waals surface area contributed by atoms with Crippen LogP contribution in [0.4, 0.5) is 0 Å². The number of amides is 1. The normalized spacial score (nSPS) is 24.3. The monoisotopic (exact) mass is 229 g/mol. The van der Waals surface area contributed by atoms with Gasteiger partial charge in [0.15, 0.2) is 0 Å². The van der Waals surface area contributed by atoms with E-state index in [1.54, 1.807) is 0 Å². The molecule has 1 aliphatic rings. The topological polar surface area (TPSA) is 75.6 Å². The third-order valence-corrected chi connectivity index (χ3v) is 2.69. The lowest BCUT2D eigenvalue weighted by Gasteiger charge is -2.08. The van der Waals surface area contributed by atoms with Gasteiger partial charge in [-0.25, -0.2) is 0 Å². The third kappa shape index (κ3) is 4.61. The van der Waals surface area contributed by atoms with Crippen LogP contribution in [0, 0.1) is 5.92 Å². The molecular formula is C11H19NO4. The molecule has 0 aromatic heterocycles. The Morgan fingerprint density at radius 1 is 1.44 bits per heavy atom. The highest BCUT2D eigenvalue weighted by Crippen LogP contribution is 2.18. The van der Waals surface area contributed by atoms with Crippen LogP contribution in [0.3, 0.4) is 0 Å². The molecule has 2 unspecified atom stereocenters. The van der Waals surface area contributed by atoms with Crippen molar-refractivity contribution in [2.75, 3.05) is 13.2 Å². The van der Waals surface area contributed by atoms with Crippen LogP contribution in [0.15, 0.2) is 0 Å². The summed E-state index contributed by atoms with van der Waals surface area (Å²) in [7, 11) is 0. The van der Waals surface area contributed by atoms with Crippen molar-refractivity contribution in [3.63, 3.8) is 0 Å². The van der Waals surface area contributed by atoms with Crippen LogP contribution in [-0.2, 0) is 14.3 Å². The molecule has 1 saturated heterocycles. The van der Waals surface area contributed by atoms with Gasteiger partial charge in [-0.1, -0.05) is 0 Å². The lowest BCUT2D eigenvalue weighted by Crippen LogP contribution is -2.31. The molecule has 0 radical (unpaired) electrons. The Labute approximate surface area is 95.2 Å². The van der Waals surface area contributed by atoms with Crippen LogP contribution in [-0.4, -0.2) is 36.2 Å². The minimum Gasteiger partial charge on any atom is -0.481 e. The Morgan fingerprint density at radius 2 is 2.19 bits per heavy atom. The molecule has 5 nitrogen and oxygen atoms in total. The molecule has 0 aliphatic carbocycles. The average Bonchev–Trinajstić information content (AvgIpc) is 2.63. The van der Waals surface area contributed by atoms with Gasteiger partial charge in [-0.15, -0.1) is 0 Å². The van der Waals surface area contributed by atoms with E-state index in [-0.39, 0.29) is 24.3 Å². The summed E-state index contributed by atoms with van der Waals surface area (Å²) in [6.45, 7) is 3.01. The minimum absolute atomic E-state index is 0.0275. The fraction of sp³-hybridized carbons (Fsp3) is 0.818. The summed E-state index contributed by atoms with van der Waals surface area (Å²) in [6, 6.07) is 0. The average molecular weight is 229 g/mol. The van der Waals surface area contributed by atoms with E-state index in [9.17, 15) is 9.59 Å². The van der Waals surface area contributed by atoms with Crippen LogP contribution in [0.1, 0.15) is 32.6 Å². The van der Waals surface area contributed by atoms with Gasteiger partial charge in [-0.2, -0.15) is 0 Å². The predicted molar refractivity (Wildman–Crippen MR) is 58.0 cm³/mol. The summed E-state index contributed by atoms with van der Waals surface area (Å²) in [5.41, 5.74) is 0. The van der Waals surface area contributed by atoms with Crippen LogP contribution < -0.4 is 5.32 Å². The molecule has 0 aromatic rings. The van der Waals surface area contributed by atoms with Crippen LogP contribution in [0.5, 0.6) is 0 Å². The first-order chi connectivity index (χ1) is 7.59. The van der Waals surface area contributed by atoms with E-state index in [1.807, 2.05) is 6.92 Å². The van der Waals surface area contributed by atoms with Crippen molar-refractivity contribution >= 4 is 11.9 Å². The van der Waals surface area contributed by atoms with Crippen LogP contribution >= 0.6 is 0 Å². The lowest BCUT2D eigenvalue weighted by atomic mass is 10.1. The standard InChI is InChI=1S/C11H19NO4/c1-8-6-9(7-16-8)11(15)12-5-3-2-4-10(13)14/h8-9H,2-7H2,1H3,(H,12,15)(H,13,14). The van der Waals surface area contributed by atoms with Crippen molar-refractivity contribution in [2.45, 2.75) is 38.7 Å². The number of carboxylic acid groups (broad SMARTS) is 1. The molecule has 0 spiro atoms. The highest BCUT2D eigenvalue weighted by molar-refractivity contribution is 5.79. The van der Waals surface area contributed by atoms with Crippen LogP contribution in [0.2, 0.25) is 0 Å². The first-order valence-corrected chi connectivity index (χ1v) is 5.70. The number of carbonyl (C=O) groups is 2. The Morgan fingerprint density at radius 3 is 2.75 bits per heavy atom. The summed E-state index contributed by atoms with van der Waals surface area (Å²) >= 11 is 0. The smallest absolute Gasteiger partial charge is 0.303 e. The molecule has 1 heterocycles. The van der Waals surface area contributed by atoms with Gasteiger partial charge in [0.25, 0.3) is 0 Å². The van der Waals surface area contributed by atoms with E-state index in [1.165, 1.54) is 0 Å². The first kappa shape index (κ1) is 13.0. The second kappa shape index (κ2) is 6.48. The molecule has 2 atom stereocenters. The van der Waals surface area contributed by atoms with Gasteiger partial charge in [0.05, 0.1) is 18.6 Å². The molecule has 0 bridgehead atoms. The molecule has 1 aliphatic heterocycles. The van der Waals surface area contributed by atoms with Crippen molar-refractivity contribution in [2.24, 2.45) is 5.92 Å². The number of ether oxygens (including phenoxy) is 1. The lowest BCUT2D eigenvalue weighted by molar-refractivity contribution is -0.137. The maximum atomic E-state index is 11.6. The Bertz CT molecular complexity index is 254. The van der Waals surface area contributed by atoms with E-state index < -0.39 is 5.97 Å². The molecule has 0 aromatic carbocycles. The zero-order valence-corrected chi connectivity index (χ0v) is 9.57. The second-order valence-corrected chi connectivity index (χ2v) is 4.22. The number of rotatable bonds is 6. The zero-order valence-electron chi connectivity index (χ0n) is 9.57. The number of hydrogen-bond donors (Lipinski definition) is 2. The number of unbranched alkanes of at least 4 members (excludes halogenated alkanes) is 1. The third-order valence-electron chi connectivity index (χ3n) is 2.69. The van der Waals surface area contributed by atoms with Gasteiger partial charge in [0, 0.05) is 13.0 Å². The molecule has 2 N–H and O–H groups in total. The number of nitrogens with one attached hydrogen (secondary N) is 1. The second-order valence-electron chi connectivity index (χ2n) is 4.22. The maximum Gasteiger partial charge on any atom is 0.303 e. The molecule has 16 heavy (non-hydrogen) atoms. The van der Waals surface area contributed by atoms with Gasteiger partial charge >= 0.3 is 5.97 Å². The molecule has 1 amide bonds. The summed E-state index contributed by atoms with van der Waals surface area (Å²) in [5, 5.41) is 11.2. The molecule has 5 heteroatoms. The van der Waals surface area contributed by atoms with Crippen molar-refractivity contribution in [1.82, 2.24) is 5.32 Å². The maximum absolute atomic E-state index is 11.6. The summed E-state index contributed by atoms with van der Waals surface area (Å²) in [6.07, 6.45) is 2.43. The van der Waals surface area contributed by atoms with E-state index in [2.05, 4.69) is 5.32 Å². The Balaban J connectivity index is 2.04. The molecule has 0 saturated carbocycles. The van der Waals surface area contributed by atoms with E-state index >= 15 is 0 Å². The molecule has 92 valence electrons. The summed E-state index contributed by atoms with van der Waals surface area (Å²) in [5.74, 6) is -0.793. The largest absolute Gasteiger partial charge is 0.481 e. The molecular weight excluding hydrogens is 210 g/mol. The first-order valence-electron chi connectivity index (χ1n) is 5.70. The number of carboxylic acids is 1. The Kier molecular flexibility index (Phi) is 5.25. The van der Waals surface area contributed by atoms with Gasteiger partial charge in [0.1, 0.15) is 0 Å². The van der Waals surface area contributed by atoms with Gasteiger partial charge in [-0.05, 0) is 26.2 Å². The predicted octanol–water partition coefficient (Wildman–Crippen LogP) is 0.782. The van der Waals surface area contributed by atoms with E-state index in [0.29, 0.717) is 26.0 Å². The van der Waals surface area contributed by atoms with Gasteiger partial charge < -0.3 is 15.2 Å². The van der Waals surface area contributed by atoms with Gasteiger partial charge in [0.2, 0.25) is 5.91 Å². The van der Waals surface area contributed by atoms with Crippen molar-refractivity contribution in [3.05, 3.63) is 0 Å². The van der Waals surface area contributed by atoms with Crippen molar-refractivity contribution < 1.29 is 19.4 Å². The van der Waals surface area contributed by atoms with Crippen LogP contribution in [0.25, 0.3) is 0 Å². The zero-order chi connectivity index (χ0) is 12.0. The van der Waals surface area contributed by atoms with Gasteiger partial charge in [-0.3, -0.25) is 9.59 Å². The quantitative estimate of drug-likeness (QED) is 0.660. The Hall–Kier alpha value is -1.10. The van der Waals surface area contributed by atoms with Crippen molar-refractivity contribution in [1.29, 1.82) is 0 Å². The van der Waals surface area contributed by atoms with E-state index in [4.69, 9.17) is 9.84 Å². The fourth-order valence-electron chi connectivity index (χ4n) is 1.76. The minimum atomic E-state index is -0.788. The number of carbonyl (C=O) groups excluding carboxylic acids is 1. The molecule has 1 fully saturated rings. The van der Waals surface area contributed by atoms with E-state index in [0.717, 1.165) is 6.42 Å². The SMILES string of the molecule is CC1CC(C(=O)NCCCCC(=O)O)CO1. The fourth-order valence-corrected chi connectivity index (χ4v) is 1.76. The highest BCUT2D eigenvalue weighted by atomic mass is 16.5.